The van der Waals surface area contributed by atoms with Crippen LogP contribution in [0.1, 0.15) is 49.2 Å². The minimum atomic E-state index is -1.05. The highest BCUT2D eigenvalue weighted by molar-refractivity contribution is 6.30. The maximum Gasteiger partial charge on any atom is 0.410 e. The van der Waals surface area contributed by atoms with Crippen molar-refractivity contribution in [3.63, 3.8) is 0 Å². The molecular formula is C38H42ClN3O5. The normalized spacial score (nSPS) is 13.7. The van der Waals surface area contributed by atoms with E-state index >= 15 is 0 Å². The number of halogens is 1. The molecule has 0 aliphatic carbocycles. The average molecular weight is 656 g/mol. The molecule has 1 amide bonds. The van der Waals surface area contributed by atoms with Gasteiger partial charge in [0.2, 0.25) is 0 Å². The summed E-state index contributed by atoms with van der Waals surface area (Å²) in [5.74, 6) is -0.257. The van der Waals surface area contributed by atoms with E-state index < -0.39 is 11.6 Å². The van der Waals surface area contributed by atoms with Gasteiger partial charge >= 0.3 is 12.1 Å². The van der Waals surface area contributed by atoms with Crippen LogP contribution in [0.15, 0.2) is 91.0 Å². The standard InChI is InChI=1S/C38H42ClN3O5/c1-5-41(37(45)47-38(2,3)4)25-27-10-17-32(18-11-27)46-35-24-31(16-19-34(35)36(43)44)42-22-20-40(21-23-42)26-29-8-6-7-9-33(29)28-12-14-30(39)15-13-28/h6-19,24H,5,20-23,25-26H2,1-4H3,(H,43,44). The molecule has 4 aromatic carbocycles. The second-order valence-corrected chi connectivity index (χ2v) is 13.1. The molecule has 1 fully saturated rings. The van der Waals surface area contributed by atoms with E-state index in [1.54, 1.807) is 23.1 Å². The smallest absolute Gasteiger partial charge is 0.410 e. The molecule has 1 aliphatic rings. The lowest BCUT2D eigenvalue weighted by molar-refractivity contribution is 0.0244. The molecule has 0 spiro atoms. The number of ether oxygens (including phenoxy) is 2. The molecule has 9 heteroatoms. The molecule has 47 heavy (non-hydrogen) atoms. The van der Waals surface area contributed by atoms with Crippen LogP contribution in [-0.2, 0) is 17.8 Å². The molecule has 0 aromatic heterocycles. The molecule has 8 nitrogen and oxygen atoms in total. The van der Waals surface area contributed by atoms with Crippen LogP contribution in [-0.4, -0.2) is 65.3 Å². The Hall–Kier alpha value is -4.53. The average Bonchev–Trinajstić information content (AvgIpc) is 3.04. The number of carboxylic acids is 1. The quantitative estimate of drug-likeness (QED) is 0.183. The fourth-order valence-electron chi connectivity index (χ4n) is 5.59. The maximum atomic E-state index is 12.6. The molecular weight excluding hydrogens is 614 g/mol. The van der Waals surface area contributed by atoms with Gasteiger partial charge in [-0.2, -0.15) is 0 Å². The third-order valence-corrected chi connectivity index (χ3v) is 8.31. The fourth-order valence-corrected chi connectivity index (χ4v) is 5.71. The van der Waals surface area contributed by atoms with E-state index in [2.05, 4.69) is 46.2 Å². The molecule has 5 rings (SSSR count). The van der Waals surface area contributed by atoms with Crippen molar-refractivity contribution in [3.8, 4) is 22.6 Å². The number of aromatic carboxylic acids is 1. The molecule has 0 bridgehead atoms. The second kappa shape index (κ2) is 14.9. The zero-order chi connectivity index (χ0) is 33.6. The Morgan fingerprint density at radius 2 is 1.57 bits per heavy atom. The zero-order valence-corrected chi connectivity index (χ0v) is 28.2. The number of benzene rings is 4. The van der Waals surface area contributed by atoms with Crippen LogP contribution in [0.2, 0.25) is 5.02 Å². The van der Waals surface area contributed by atoms with Crippen molar-refractivity contribution in [2.24, 2.45) is 0 Å². The highest BCUT2D eigenvalue weighted by Crippen LogP contribution is 2.32. The van der Waals surface area contributed by atoms with Gasteiger partial charge in [-0.15, -0.1) is 0 Å². The number of hydrogen-bond acceptors (Lipinski definition) is 6. The van der Waals surface area contributed by atoms with Crippen molar-refractivity contribution in [1.29, 1.82) is 0 Å². The van der Waals surface area contributed by atoms with Gasteiger partial charge in [-0.1, -0.05) is 60.1 Å². The van der Waals surface area contributed by atoms with Crippen LogP contribution in [0.25, 0.3) is 11.1 Å². The number of piperazine rings is 1. The van der Waals surface area contributed by atoms with Gasteiger partial charge in [-0.05, 0) is 86.3 Å². The lowest BCUT2D eigenvalue weighted by atomic mass is 9.99. The molecule has 0 saturated carbocycles. The van der Waals surface area contributed by atoms with Crippen molar-refractivity contribution >= 4 is 29.4 Å². The van der Waals surface area contributed by atoms with Gasteiger partial charge in [0.05, 0.1) is 0 Å². The molecule has 1 N–H and O–H groups in total. The number of carbonyl (C=O) groups is 2. The number of nitrogens with zero attached hydrogens (tertiary/aromatic N) is 3. The van der Waals surface area contributed by atoms with E-state index in [-0.39, 0.29) is 17.4 Å². The molecule has 1 saturated heterocycles. The van der Waals surface area contributed by atoms with Crippen molar-refractivity contribution in [2.75, 3.05) is 37.6 Å². The number of carbonyl (C=O) groups excluding carboxylic acids is 1. The number of rotatable bonds is 10. The van der Waals surface area contributed by atoms with Gasteiger partial charge in [0.25, 0.3) is 0 Å². The monoisotopic (exact) mass is 655 g/mol. The predicted octanol–water partition coefficient (Wildman–Crippen LogP) is 8.58. The van der Waals surface area contributed by atoms with Gasteiger partial charge in [0.15, 0.2) is 0 Å². The van der Waals surface area contributed by atoms with Crippen molar-refractivity contribution < 1.29 is 24.2 Å². The van der Waals surface area contributed by atoms with E-state index in [0.29, 0.717) is 18.8 Å². The summed E-state index contributed by atoms with van der Waals surface area (Å²) in [6, 6.07) is 29.0. The van der Waals surface area contributed by atoms with Crippen LogP contribution in [0.3, 0.4) is 0 Å². The summed E-state index contributed by atoms with van der Waals surface area (Å²) in [4.78, 5) is 31.0. The van der Waals surface area contributed by atoms with E-state index in [4.69, 9.17) is 21.1 Å². The fraction of sp³-hybridized carbons (Fsp3) is 0.316. The molecule has 1 aliphatic heterocycles. The van der Waals surface area contributed by atoms with E-state index in [1.807, 2.05) is 64.1 Å². The Labute approximate surface area is 282 Å². The summed E-state index contributed by atoms with van der Waals surface area (Å²) in [7, 11) is 0. The second-order valence-electron chi connectivity index (χ2n) is 12.7. The van der Waals surface area contributed by atoms with Crippen molar-refractivity contribution in [3.05, 3.63) is 113 Å². The largest absolute Gasteiger partial charge is 0.478 e. The van der Waals surface area contributed by atoms with E-state index in [9.17, 15) is 14.7 Å². The first-order chi connectivity index (χ1) is 22.5. The summed E-state index contributed by atoms with van der Waals surface area (Å²) < 4.78 is 11.6. The first-order valence-corrected chi connectivity index (χ1v) is 16.3. The number of anilines is 1. The highest BCUT2D eigenvalue weighted by Gasteiger charge is 2.23. The maximum absolute atomic E-state index is 12.6. The topological polar surface area (TPSA) is 82.5 Å². The molecule has 246 valence electrons. The number of hydrogen-bond donors (Lipinski definition) is 1. The molecule has 0 radical (unpaired) electrons. The lowest BCUT2D eigenvalue weighted by Gasteiger charge is -2.36. The van der Waals surface area contributed by atoms with Crippen LogP contribution >= 0.6 is 11.6 Å². The third-order valence-electron chi connectivity index (χ3n) is 8.06. The van der Waals surface area contributed by atoms with E-state index in [0.717, 1.165) is 54.6 Å². The van der Waals surface area contributed by atoms with Gasteiger partial charge < -0.3 is 24.4 Å². The van der Waals surface area contributed by atoms with Gasteiger partial charge in [0.1, 0.15) is 22.7 Å². The third kappa shape index (κ3) is 9.05. The number of carboxylic acid groups (broad SMARTS) is 1. The van der Waals surface area contributed by atoms with Crippen molar-refractivity contribution in [2.45, 2.75) is 46.4 Å². The molecule has 0 atom stereocenters. The van der Waals surface area contributed by atoms with Crippen LogP contribution in [0.5, 0.6) is 11.5 Å². The minimum Gasteiger partial charge on any atom is -0.478 e. The lowest BCUT2D eigenvalue weighted by Crippen LogP contribution is -2.46. The van der Waals surface area contributed by atoms with Gasteiger partial charge in [-0.25, -0.2) is 9.59 Å². The predicted molar refractivity (Wildman–Crippen MR) is 187 cm³/mol. The summed E-state index contributed by atoms with van der Waals surface area (Å²) in [6.45, 7) is 12.5. The Balaban J connectivity index is 1.23. The Morgan fingerprint density at radius 3 is 2.21 bits per heavy atom. The SMILES string of the molecule is CCN(Cc1ccc(Oc2cc(N3CCN(Cc4ccccc4-c4ccc(Cl)cc4)CC3)ccc2C(=O)O)cc1)C(=O)OC(C)(C)C. The first-order valence-electron chi connectivity index (χ1n) is 15.9. The van der Waals surface area contributed by atoms with Gasteiger partial charge in [-0.3, -0.25) is 4.90 Å². The summed E-state index contributed by atoms with van der Waals surface area (Å²) in [5.41, 5.74) is 4.96. The first kappa shape index (κ1) is 33.8. The Bertz CT molecular complexity index is 1680. The summed E-state index contributed by atoms with van der Waals surface area (Å²) >= 11 is 6.12. The van der Waals surface area contributed by atoms with Crippen LogP contribution in [0.4, 0.5) is 10.5 Å². The minimum absolute atomic E-state index is 0.0948. The summed E-state index contributed by atoms with van der Waals surface area (Å²) in [6.07, 6.45) is -0.369. The zero-order valence-electron chi connectivity index (χ0n) is 27.4. The summed E-state index contributed by atoms with van der Waals surface area (Å²) in [5, 5.41) is 10.6. The van der Waals surface area contributed by atoms with Crippen LogP contribution in [0, 0.1) is 0 Å². The molecule has 1 heterocycles. The molecule has 4 aromatic rings. The van der Waals surface area contributed by atoms with Crippen molar-refractivity contribution in [1.82, 2.24) is 9.80 Å². The van der Waals surface area contributed by atoms with E-state index in [1.165, 1.54) is 11.1 Å². The molecule has 0 unspecified atom stereocenters. The highest BCUT2D eigenvalue weighted by atomic mass is 35.5. The van der Waals surface area contributed by atoms with Crippen LogP contribution < -0.4 is 9.64 Å². The Kier molecular flexibility index (Phi) is 10.7. The Morgan fingerprint density at radius 1 is 0.894 bits per heavy atom. The number of amides is 1. The van der Waals surface area contributed by atoms with Gasteiger partial charge in [0, 0.05) is 62.6 Å².